The maximum atomic E-state index is 13.4. The molecule has 0 aromatic heterocycles. The van der Waals surface area contributed by atoms with Crippen molar-refractivity contribution in [1.82, 2.24) is 0 Å². The first-order chi connectivity index (χ1) is 7.08. The molecule has 0 radical (unpaired) electrons. The molecule has 15 heavy (non-hydrogen) atoms. The van der Waals surface area contributed by atoms with Gasteiger partial charge in [0.15, 0.2) is 0 Å². The van der Waals surface area contributed by atoms with Crippen molar-refractivity contribution < 1.29 is 8.78 Å². The second-order valence-corrected chi connectivity index (χ2v) is 4.04. The van der Waals surface area contributed by atoms with Crippen LogP contribution in [0, 0.1) is 11.6 Å². The summed E-state index contributed by atoms with van der Waals surface area (Å²) in [5.74, 6) is -1.30. The minimum absolute atomic E-state index is 0.00854. The Hall–Kier alpha value is -1.23. The van der Waals surface area contributed by atoms with Crippen molar-refractivity contribution in [2.24, 2.45) is 5.73 Å². The lowest BCUT2D eigenvalue weighted by Gasteiger charge is -2.09. The van der Waals surface area contributed by atoms with Crippen molar-refractivity contribution in [3.8, 4) is 0 Å². The highest BCUT2D eigenvalue weighted by atomic mass is 32.1. The summed E-state index contributed by atoms with van der Waals surface area (Å²) in [6.45, 7) is 0. The standard InChI is InChI=1S/C10H10F2N2S/c11-7-3-5(10(13)15)4-8(12)9(7)14-6-1-2-6/h3-4,6,14H,1-2H2,(H2,13,15). The van der Waals surface area contributed by atoms with E-state index in [0.29, 0.717) is 0 Å². The Kier molecular flexibility index (Phi) is 2.56. The van der Waals surface area contributed by atoms with E-state index >= 15 is 0 Å². The van der Waals surface area contributed by atoms with E-state index in [1.54, 1.807) is 0 Å². The molecule has 0 heterocycles. The summed E-state index contributed by atoms with van der Waals surface area (Å²) in [7, 11) is 0. The number of halogens is 2. The smallest absolute Gasteiger partial charge is 0.150 e. The highest BCUT2D eigenvalue weighted by Gasteiger charge is 2.24. The molecule has 1 saturated carbocycles. The number of nitrogens with two attached hydrogens (primary N) is 1. The molecule has 5 heteroatoms. The maximum absolute atomic E-state index is 13.4. The number of benzene rings is 1. The normalized spacial score (nSPS) is 15.1. The van der Waals surface area contributed by atoms with Crippen LogP contribution in [0.25, 0.3) is 0 Å². The lowest BCUT2D eigenvalue weighted by Crippen LogP contribution is -2.12. The summed E-state index contributed by atoms with van der Waals surface area (Å²) in [5, 5.41) is 2.78. The first-order valence-electron chi connectivity index (χ1n) is 4.63. The summed E-state index contributed by atoms with van der Waals surface area (Å²) in [6.07, 6.45) is 1.91. The Morgan fingerprint density at radius 3 is 2.27 bits per heavy atom. The monoisotopic (exact) mass is 228 g/mol. The quantitative estimate of drug-likeness (QED) is 0.779. The number of rotatable bonds is 3. The SMILES string of the molecule is NC(=S)c1cc(F)c(NC2CC2)c(F)c1. The molecular weight excluding hydrogens is 218 g/mol. The van der Waals surface area contributed by atoms with Gasteiger partial charge in [-0.2, -0.15) is 0 Å². The molecule has 0 spiro atoms. The second-order valence-electron chi connectivity index (χ2n) is 3.60. The van der Waals surface area contributed by atoms with Crippen molar-refractivity contribution >= 4 is 22.9 Å². The van der Waals surface area contributed by atoms with Crippen molar-refractivity contribution in [2.75, 3.05) is 5.32 Å². The third kappa shape index (κ3) is 2.23. The van der Waals surface area contributed by atoms with Crippen LogP contribution in [0.1, 0.15) is 18.4 Å². The van der Waals surface area contributed by atoms with Gasteiger partial charge >= 0.3 is 0 Å². The molecule has 1 aromatic carbocycles. The van der Waals surface area contributed by atoms with E-state index in [0.717, 1.165) is 25.0 Å². The van der Waals surface area contributed by atoms with E-state index in [1.165, 1.54) is 0 Å². The lowest BCUT2D eigenvalue weighted by atomic mass is 10.2. The summed E-state index contributed by atoms with van der Waals surface area (Å²) in [5.41, 5.74) is 5.42. The molecule has 0 saturated heterocycles. The summed E-state index contributed by atoms with van der Waals surface area (Å²) >= 11 is 4.65. The molecule has 1 aliphatic rings. The zero-order valence-electron chi connectivity index (χ0n) is 7.89. The Morgan fingerprint density at radius 1 is 1.33 bits per heavy atom. The van der Waals surface area contributed by atoms with Gasteiger partial charge in [0.05, 0.1) is 0 Å². The van der Waals surface area contributed by atoms with E-state index in [9.17, 15) is 8.78 Å². The van der Waals surface area contributed by atoms with E-state index in [4.69, 9.17) is 5.73 Å². The molecule has 0 atom stereocenters. The fourth-order valence-electron chi connectivity index (χ4n) is 1.29. The molecule has 2 nitrogen and oxygen atoms in total. The molecule has 80 valence electrons. The predicted molar refractivity (Wildman–Crippen MR) is 58.9 cm³/mol. The summed E-state index contributed by atoms with van der Waals surface area (Å²) in [6, 6.07) is 2.50. The maximum Gasteiger partial charge on any atom is 0.150 e. The second kappa shape index (κ2) is 3.73. The van der Waals surface area contributed by atoms with Crippen LogP contribution < -0.4 is 11.1 Å². The van der Waals surface area contributed by atoms with Gasteiger partial charge in [0.2, 0.25) is 0 Å². The van der Waals surface area contributed by atoms with Gasteiger partial charge in [-0.1, -0.05) is 12.2 Å². The lowest BCUT2D eigenvalue weighted by molar-refractivity contribution is 0.587. The van der Waals surface area contributed by atoms with Crippen LogP contribution >= 0.6 is 12.2 Å². The fraction of sp³-hybridized carbons (Fsp3) is 0.300. The molecule has 0 unspecified atom stereocenters. The largest absolute Gasteiger partial charge is 0.389 e. The van der Waals surface area contributed by atoms with Crippen LogP contribution in [0.15, 0.2) is 12.1 Å². The minimum atomic E-state index is -0.648. The highest BCUT2D eigenvalue weighted by Crippen LogP contribution is 2.28. The van der Waals surface area contributed by atoms with E-state index in [2.05, 4.69) is 17.5 Å². The van der Waals surface area contributed by atoms with Crippen LogP contribution in [0.3, 0.4) is 0 Å². The van der Waals surface area contributed by atoms with E-state index in [1.807, 2.05) is 0 Å². The van der Waals surface area contributed by atoms with Crippen LogP contribution in [0.5, 0.6) is 0 Å². The van der Waals surface area contributed by atoms with Crippen LogP contribution in [-0.4, -0.2) is 11.0 Å². The Balaban J connectivity index is 2.34. The molecule has 3 N–H and O–H groups in total. The molecule has 2 rings (SSSR count). The number of nitrogens with one attached hydrogen (secondary N) is 1. The summed E-state index contributed by atoms with van der Waals surface area (Å²) in [4.78, 5) is -0.00854. The number of hydrogen-bond acceptors (Lipinski definition) is 2. The molecule has 0 bridgehead atoms. The average Bonchev–Trinajstić information content (AvgIpc) is 2.94. The van der Waals surface area contributed by atoms with Crippen LogP contribution in [0.2, 0.25) is 0 Å². The highest BCUT2D eigenvalue weighted by molar-refractivity contribution is 7.80. The first-order valence-corrected chi connectivity index (χ1v) is 5.04. The minimum Gasteiger partial charge on any atom is -0.389 e. The van der Waals surface area contributed by atoms with Gasteiger partial charge in [0.25, 0.3) is 0 Å². The van der Waals surface area contributed by atoms with Gasteiger partial charge in [-0.05, 0) is 25.0 Å². The zero-order valence-corrected chi connectivity index (χ0v) is 8.70. The van der Waals surface area contributed by atoms with E-state index in [-0.39, 0.29) is 22.3 Å². The molecule has 1 fully saturated rings. The van der Waals surface area contributed by atoms with Gasteiger partial charge < -0.3 is 11.1 Å². The summed E-state index contributed by atoms with van der Waals surface area (Å²) < 4.78 is 26.9. The first kappa shape index (κ1) is 10.3. The molecule has 0 amide bonds. The molecule has 1 aliphatic carbocycles. The Morgan fingerprint density at radius 2 is 1.87 bits per heavy atom. The van der Waals surface area contributed by atoms with Gasteiger partial charge in [0, 0.05) is 11.6 Å². The number of thiocarbonyl (C=S) groups is 1. The average molecular weight is 228 g/mol. The van der Waals surface area contributed by atoms with Crippen molar-refractivity contribution in [2.45, 2.75) is 18.9 Å². The molecular formula is C10H10F2N2S. The Bertz CT molecular complexity index is 393. The van der Waals surface area contributed by atoms with Gasteiger partial charge in [-0.15, -0.1) is 0 Å². The Labute approximate surface area is 91.5 Å². The van der Waals surface area contributed by atoms with Gasteiger partial charge in [-0.3, -0.25) is 0 Å². The molecule has 0 aliphatic heterocycles. The van der Waals surface area contributed by atoms with Gasteiger partial charge in [-0.25, -0.2) is 8.78 Å². The van der Waals surface area contributed by atoms with Crippen molar-refractivity contribution in [3.63, 3.8) is 0 Å². The fourth-order valence-corrected chi connectivity index (χ4v) is 1.40. The van der Waals surface area contributed by atoms with Gasteiger partial charge in [0.1, 0.15) is 22.3 Å². The number of hydrogen-bond donors (Lipinski definition) is 2. The van der Waals surface area contributed by atoms with E-state index < -0.39 is 11.6 Å². The van der Waals surface area contributed by atoms with Crippen molar-refractivity contribution in [1.29, 1.82) is 0 Å². The third-order valence-electron chi connectivity index (χ3n) is 2.25. The van der Waals surface area contributed by atoms with Crippen molar-refractivity contribution in [3.05, 3.63) is 29.3 Å². The predicted octanol–water partition coefficient (Wildman–Crippen LogP) is 2.17. The van der Waals surface area contributed by atoms with Crippen LogP contribution in [-0.2, 0) is 0 Å². The molecule has 1 aromatic rings. The topological polar surface area (TPSA) is 38.0 Å². The zero-order chi connectivity index (χ0) is 11.0. The number of anilines is 1. The third-order valence-corrected chi connectivity index (χ3v) is 2.49. The van der Waals surface area contributed by atoms with Crippen LogP contribution in [0.4, 0.5) is 14.5 Å².